The van der Waals surface area contributed by atoms with Crippen molar-refractivity contribution in [3.63, 3.8) is 0 Å². The summed E-state index contributed by atoms with van der Waals surface area (Å²) < 4.78 is 0. The van der Waals surface area contributed by atoms with Gasteiger partial charge in [-0.05, 0) is 11.5 Å². The van der Waals surface area contributed by atoms with Crippen molar-refractivity contribution in [2.24, 2.45) is 0 Å². The minimum atomic E-state index is 0.646. The number of hydrogen-bond donors (Lipinski definition) is 1. The van der Waals surface area contributed by atoms with E-state index in [9.17, 15) is 0 Å². The second kappa shape index (κ2) is 5.74. The van der Waals surface area contributed by atoms with E-state index in [-0.39, 0.29) is 0 Å². The van der Waals surface area contributed by atoms with Crippen LogP contribution >= 0.6 is 11.8 Å². The van der Waals surface area contributed by atoms with Gasteiger partial charge in [0.25, 0.3) is 0 Å². The van der Waals surface area contributed by atoms with E-state index in [2.05, 4.69) is 49.9 Å². The molecule has 0 aromatic heterocycles. The molecule has 1 aromatic carbocycles. The second-order valence-corrected chi connectivity index (χ2v) is 6.16. The molecule has 88 valence electrons. The number of benzene rings is 1. The molecule has 0 unspecified atom stereocenters. The quantitative estimate of drug-likeness (QED) is 0.840. The summed E-state index contributed by atoms with van der Waals surface area (Å²) in [6, 6.07) is 9.20. The van der Waals surface area contributed by atoms with Gasteiger partial charge >= 0.3 is 0 Å². The van der Waals surface area contributed by atoms with Crippen LogP contribution < -0.4 is 4.90 Å². The van der Waals surface area contributed by atoms with E-state index in [0.717, 1.165) is 0 Å². The lowest BCUT2D eigenvalue weighted by molar-refractivity contribution is -0.910. The first-order valence-electron chi connectivity index (χ1n) is 6.26. The van der Waals surface area contributed by atoms with Crippen molar-refractivity contribution in [3.05, 3.63) is 35.4 Å². The summed E-state index contributed by atoms with van der Waals surface area (Å²) in [7, 11) is 0. The Morgan fingerprint density at radius 1 is 1.12 bits per heavy atom. The molecule has 0 aliphatic carbocycles. The Hall–Kier alpha value is -0.470. The molecule has 1 N–H and O–H groups in total. The lowest BCUT2D eigenvalue weighted by Gasteiger charge is -2.23. The molecule has 1 aliphatic heterocycles. The maximum absolute atomic E-state index is 2.31. The second-order valence-electron chi connectivity index (χ2n) is 4.94. The third kappa shape index (κ3) is 3.26. The fraction of sp³-hybridized carbons (Fsp3) is 0.571. The smallest absolute Gasteiger partial charge is 0.103 e. The number of hydrogen-bond acceptors (Lipinski definition) is 1. The topological polar surface area (TPSA) is 4.44 Å². The zero-order valence-corrected chi connectivity index (χ0v) is 11.1. The zero-order chi connectivity index (χ0) is 11.4. The normalized spacial score (nSPS) is 17.9. The van der Waals surface area contributed by atoms with Gasteiger partial charge in [-0.15, -0.1) is 0 Å². The van der Waals surface area contributed by atoms with Gasteiger partial charge in [0.05, 0.1) is 13.1 Å². The highest BCUT2D eigenvalue weighted by Gasteiger charge is 2.13. The van der Waals surface area contributed by atoms with Crippen LogP contribution in [0.1, 0.15) is 30.9 Å². The average molecular weight is 236 g/mol. The first-order valence-corrected chi connectivity index (χ1v) is 7.41. The van der Waals surface area contributed by atoms with Crippen LogP contribution in [0.4, 0.5) is 0 Å². The lowest BCUT2D eigenvalue weighted by atomic mass is 10.0. The fourth-order valence-electron chi connectivity index (χ4n) is 2.15. The van der Waals surface area contributed by atoms with Gasteiger partial charge in [-0.25, -0.2) is 0 Å². The number of rotatable bonds is 3. The Morgan fingerprint density at radius 2 is 1.75 bits per heavy atom. The van der Waals surface area contributed by atoms with Crippen LogP contribution in [-0.4, -0.2) is 24.6 Å². The SMILES string of the molecule is CC(C)c1ccc(C[NH+]2CCSCC2)cc1. The fourth-order valence-corrected chi connectivity index (χ4v) is 3.22. The zero-order valence-electron chi connectivity index (χ0n) is 10.3. The molecule has 16 heavy (non-hydrogen) atoms. The first-order chi connectivity index (χ1) is 7.75. The molecule has 0 spiro atoms. The molecule has 1 aliphatic rings. The van der Waals surface area contributed by atoms with Gasteiger partial charge in [0.1, 0.15) is 6.54 Å². The first kappa shape index (κ1) is 12.0. The summed E-state index contributed by atoms with van der Waals surface area (Å²) in [4.78, 5) is 1.75. The largest absolute Gasteiger partial charge is 0.330 e. The van der Waals surface area contributed by atoms with E-state index < -0.39 is 0 Å². The van der Waals surface area contributed by atoms with Crippen LogP contribution in [0.15, 0.2) is 24.3 Å². The van der Waals surface area contributed by atoms with Crippen LogP contribution in [-0.2, 0) is 6.54 Å². The molecule has 0 atom stereocenters. The van der Waals surface area contributed by atoms with E-state index >= 15 is 0 Å². The van der Waals surface area contributed by atoms with Crippen molar-refractivity contribution in [2.75, 3.05) is 24.6 Å². The number of thioether (sulfide) groups is 1. The molecule has 1 fully saturated rings. The highest BCUT2D eigenvalue weighted by molar-refractivity contribution is 7.99. The Morgan fingerprint density at radius 3 is 2.31 bits per heavy atom. The summed E-state index contributed by atoms with van der Waals surface area (Å²) in [6.07, 6.45) is 0. The van der Waals surface area contributed by atoms with E-state index in [1.54, 1.807) is 4.90 Å². The van der Waals surface area contributed by atoms with Gasteiger partial charge < -0.3 is 4.90 Å². The van der Waals surface area contributed by atoms with Gasteiger partial charge in [-0.1, -0.05) is 38.1 Å². The summed E-state index contributed by atoms with van der Waals surface area (Å²) >= 11 is 2.09. The van der Waals surface area contributed by atoms with E-state index in [1.807, 2.05) is 0 Å². The Bertz CT molecular complexity index is 312. The van der Waals surface area contributed by atoms with Gasteiger partial charge in [-0.2, -0.15) is 11.8 Å². The molecule has 2 rings (SSSR count). The maximum Gasteiger partial charge on any atom is 0.103 e. The lowest BCUT2D eigenvalue weighted by Crippen LogP contribution is -3.12. The molecule has 1 nitrogen and oxygen atoms in total. The van der Waals surface area contributed by atoms with Crippen molar-refractivity contribution < 1.29 is 4.90 Å². The third-order valence-electron chi connectivity index (χ3n) is 3.30. The monoisotopic (exact) mass is 236 g/mol. The Kier molecular flexibility index (Phi) is 4.30. The van der Waals surface area contributed by atoms with Crippen molar-refractivity contribution in [1.29, 1.82) is 0 Å². The predicted octanol–water partition coefficient (Wildman–Crippen LogP) is 1.94. The summed E-state index contributed by atoms with van der Waals surface area (Å²) in [5.41, 5.74) is 2.94. The van der Waals surface area contributed by atoms with Crippen molar-refractivity contribution in [3.8, 4) is 0 Å². The molecule has 1 saturated heterocycles. The van der Waals surface area contributed by atoms with Crippen molar-refractivity contribution in [2.45, 2.75) is 26.3 Å². The standard InChI is InChI=1S/C14H21NS/c1-12(2)14-5-3-13(4-6-14)11-15-7-9-16-10-8-15/h3-6,12H,7-11H2,1-2H3/p+1. The van der Waals surface area contributed by atoms with Gasteiger partial charge in [0.15, 0.2) is 0 Å². The van der Waals surface area contributed by atoms with Crippen LogP contribution in [0.25, 0.3) is 0 Å². The molecule has 0 radical (unpaired) electrons. The highest BCUT2D eigenvalue weighted by Crippen LogP contribution is 2.14. The molecule has 0 bridgehead atoms. The van der Waals surface area contributed by atoms with Crippen molar-refractivity contribution >= 4 is 11.8 Å². The van der Waals surface area contributed by atoms with Gasteiger partial charge in [-0.3, -0.25) is 0 Å². The molecule has 1 aromatic rings. The molecule has 0 saturated carbocycles. The van der Waals surface area contributed by atoms with Crippen LogP contribution in [0.5, 0.6) is 0 Å². The summed E-state index contributed by atoms with van der Waals surface area (Å²) in [5.74, 6) is 3.31. The summed E-state index contributed by atoms with van der Waals surface area (Å²) in [6.45, 7) is 8.37. The summed E-state index contributed by atoms with van der Waals surface area (Å²) in [5, 5.41) is 0. The number of quaternary nitrogens is 1. The van der Waals surface area contributed by atoms with E-state index in [0.29, 0.717) is 5.92 Å². The van der Waals surface area contributed by atoms with Crippen LogP contribution in [0.2, 0.25) is 0 Å². The minimum Gasteiger partial charge on any atom is -0.330 e. The Labute approximate surface area is 103 Å². The number of nitrogens with one attached hydrogen (secondary N) is 1. The Balaban J connectivity index is 1.93. The van der Waals surface area contributed by atoms with Crippen molar-refractivity contribution in [1.82, 2.24) is 0 Å². The van der Waals surface area contributed by atoms with Gasteiger partial charge in [0.2, 0.25) is 0 Å². The molecular weight excluding hydrogens is 214 g/mol. The maximum atomic E-state index is 2.31. The highest BCUT2D eigenvalue weighted by atomic mass is 32.2. The predicted molar refractivity (Wildman–Crippen MR) is 72.3 cm³/mol. The minimum absolute atomic E-state index is 0.646. The molecular formula is C14H22NS+. The van der Waals surface area contributed by atoms with Crippen LogP contribution in [0.3, 0.4) is 0 Å². The van der Waals surface area contributed by atoms with Crippen LogP contribution in [0, 0.1) is 0 Å². The molecule has 2 heteroatoms. The average Bonchev–Trinajstić information content (AvgIpc) is 2.31. The molecule has 1 heterocycles. The molecule has 0 amide bonds. The third-order valence-corrected chi connectivity index (χ3v) is 4.29. The van der Waals surface area contributed by atoms with E-state index in [4.69, 9.17) is 0 Å². The van der Waals surface area contributed by atoms with E-state index in [1.165, 1.54) is 42.3 Å². The van der Waals surface area contributed by atoms with Gasteiger partial charge in [0, 0.05) is 17.1 Å².